The number of fused-ring (bicyclic) bond motifs is 2. The lowest BCUT2D eigenvalue weighted by Gasteiger charge is -2.11. The number of benzene rings is 3. The van der Waals surface area contributed by atoms with Gasteiger partial charge in [-0.05, 0) is 42.0 Å². The molecule has 0 aliphatic carbocycles. The van der Waals surface area contributed by atoms with E-state index >= 15 is 0 Å². The zero-order chi connectivity index (χ0) is 23.9. The lowest BCUT2D eigenvalue weighted by Crippen LogP contribution is -2.08. The van der Waals surface area contributed by atoms with Crippen LogP contribution >= 0.6 is 0 Å². The molecule has 5 rings (SSSR count). The highest BCUT2D eigenvalue weighted by atomic mass is 32.2. The van der Waals surface area contributed by atoms with Crippen molar-refractivity contribution in [3.05, 3.63) is 84.4 Å². The highest BCUT2D eigenvalue weighted by molar-refractivity contribution is 7.92. The monoisotopic (exact) mass is 470 g/mol. The maximum Gasteiger partial charge on any atom is 0.212 e. The maximum absolute atomic E-state index is 13.6. The summed E-state index contributed by atoms with van der Waals surface area (Å²) in [5.41, 5.74) is 9.93. The van der Waals surface area contributed by atoms with Gasteiger partial charge in [0.1, 0.15) is 16.2 Å². The Labute approximate surface area is 196 Å². The predicted molar refractivity (Wildman–Crippen MR) is 135 cm³/mol. The Morgan fingerprint density at radius 2 is 1.50 bits per heavy atom. The van der Waals surface area contributed by atoms with Crippen LogP contribution in [-0.2, 0) is 9.84 Å². The van der Waals surface area contributed by atoms with Gasteiger partial charge in [-0.3, -0.25) is 0 Å². The number of hydrogen-bond donors (Lipinski definition) is 1. The summed E-state index contributed by atoms with van der Waals surface area (Å²) in [5, 5.41) is 4.50. The van der Waals surface area contributed by atoms with Crippen LogP contribution in [-0.4, -0.2) is 43.4 Å². The molecule has 2 N–H and O–H groups in total. The molecule has 0 atom stereocenters. The molecule has 5 aromatic rings. The molecule has 0 unspecified atom stereocenters. The number of para-hydroxylation sites is 2. The topological polar surface area (TPSA) is 106 Å². The van der Waals surface area contributed by atoms with Gasteiger partial charge in [0.2, 0.25) is 9.84 Å². The smallest absolute Gasteiger partial charge is 0.212 e. The van der Waals surface area contributed by atoms with Crippen LogP contribution in [0.3, 0.4) is 0 Å². The lowest BCUT2D eigenvalue weighted by atomic mass is 10.2. The van der Waals surface area contributed by atoms with Crippen molar-refractivity contribution >= 4 is 49.8 Å². The Hall–Kier alpha value is -4.24. The Bertz CT molecular complexity index is 1640. The zero-order valence-electron chi connectivity index (χ0n) is 18.6. The molecule has 0 saturated carbocycles. The summed E-state index contributed by atoms with van der Waals surface area (Å²) in [7, 11) is -0.0385. The van der Waals surface area contributed by atoms with Crippen molar-refractivity contribution in [3.8, 4) is 0 Å². The summed E-state index contributed by atoms with van der Waals surface area (Å²) in [6.07, 6.45) is 1.62. The van der Waals surface area contributed by atoms with Crippen LogP contribution in [0.5, 0.6) is 0 Å². The van der Waals surface area contributed by atoms with Crippen molar-refractivity contribution in [2.24, 2.45) is 5.10 Å². The van der Waals surface area contributed by atoms with E-state index in [0.29, 0.717) is 11.0 Å². The van der Waals surface area contributed by atoms with E-state index in [0.717, 1.165) is 11.3 Å². The van der Waals surface area contributed by atoms with Gasteiger partial charge in [-0.15, -0.1) is 0 Å². The first-order chi connectivity index (χ1) is 16.4. The van der Waals surface area contributed by atoms with E-state index in [1.54, 1.807) is 30.5 Å². The van der Waals surface area contributed by atoms with Crippen LogP contribution in [0.25, 0.3) is 22.2 Å². The molecule has 0 bridgehead atoms. The van der Waals surface area contributed by atoms with Crippen LogP contribution in [0.2, 0.25) is 0 Å². The summed E-state index contributed by atoms with van der Waals surface area (Å²) in [5.74, 6) is -0.0460. The van der Waals surface area contributed by atoms with Gasteiger partial charge in [0.15, 0.2) is 5.65 Å². The normalized spacial score (nSPS) is 12.1. The predicted octanol–water partition coefficient (Wildman–Crippen LogP) is 3.95. The molecule has 3 aromatic carbocycles. The second-order valence-electron chi connectivity index (χ2n) is 7.96. The largest absolute Gasteiger partial charge is 0.382 e. The standard InChI is InChI=1S/C25H22N6O2S/c1-30(2)18-14-12-17(13-15-18)16-27-31-24(26)23(34(32,33)19-8-4-3-5-9-19)22-25(31)29-21-11-7-6-10-20(21)28-22/h3-16H,26H2,1-2H3/b27-16+. The number of nitrogen functional groups attached to an aromatic ring is 1. The van der Waals surface area contributed by atoms with Crippen molar-refractivity contribution < 1.29 is 8.42 Å². The average Bonchev–Trinajstić information content (AvgIpc) is 3.12. The number of sulfone groups is 1. The first kappa shape index (κ1) is 21.6. The van der Waals surface area contributed by atoms with E-state index in [9.17, 15) is 8.42 Å². The average molecular weight is 471 g/mol. The van der Waals surface area contributed by atoms with E-state index in [1.165, 1.54) is 16.8 Å². The van der Waals surface area contributed by atoms with Crippen LogP contribution in [0.1, 0.15) is 5.56 Å². The fourth-order valence-corrected chi connectivity index (χ4v) is 5.21. The SMILES string of the molecule is CN(C)c1ccc(/C=N/n2c(N)c(S(=O)(=O)c3ccccc3)c3nc4ccccc4nc32)cc1. The number of anilines is 2. The van der Waals surface area contributed by atoms with Crippen molar-refractivity contribution in [3.63, 3.8) is 0 Å². The van der Waals surface area contributed by atoms with Crippen LogP contribution in [0.15, 0.2) is 93.8 Å². The molecule has 34 heavy (non-hydrogen) atoms. The van der Waals surface area contributed by atoms with Gasteiger partial charge in [0.25, 0.3) is 0 Å². The summed E-state index contributed by atoms with van der Waals surface area (Å²) >= 11 is 0. The third-order valence-electron chi connectivity index (χ3n) is 5.48. The van der Waals surface area contributed by atoms with E-state index in [-0.39, 0.29) is 26.8 Å². The number of nitrogens with zero attached hydrogens (tertiary/aromatic N) is 5. The molecule has 170 valence electrons. The minimum absolute atomic E-state index is 0.0460. The Morgan fingerprint density at radius 1 is 0.882 bits per heavy atom. The van der Waals surface area contributed by atoms with Gasteiger partial charge in [0, 0.05) is 19.8 Å². The molecule has 0 spiro atoms. The minimum atomic E-state index is -3.97. The Kier molecular flexibility index (Phi) is 5.25. The van der Waals surface area contributed by atoms with Crippen LogP contribution < -0.4 is 10.6 Å². The summed E-state index contributed by atoms with van der Waals surface area (Å²) in [6.45, 7) is 0. The van der Waals surface area contributed by atoms with E-state index in [2.05, 4.69) is 15.1 Å². The lowest BCUT2D eigenvalue weighted by molar-refractivity contribution is 0.597. The van der Waals surface area contributed by atoms with Gasteiger partial charge < -0.3 is 10.6 Å². The second kappa shape index (κ2) is 8.27. The summed E-state index contributed by atoms with van der Waals surface area (Å²) < 4.78 is 28.5. The molecule has 0 amide bonds. The number of nitrogens with two attached hydrogens (primary N) is 1. The van der Waals surface area contributed by atoms with E-state index < -0.39 is 9.84 Å². The summed E-state index contributed by atoms with van der Waals surface area (Å²) in [6, 6.07) is 23.2. The first-order valence-electron chi connectivity index (χ1n) is 10.5. The Balaban J connectivity index is 1.73. The number of aromatic nitrogens is 3. The highest BCUT2D eigenvalue weighted by Crippen LogP contribution is 2.35. The molecule has 9 heteroatoms. The minimum Gasteiger partial charge on any atom is -0.382 e. The number of rotatable bonds is 5. The zero-order valence-corrected chi connectivity index (χ0v) is 19.4. The van der Waals surface area contributed by atoms with Gasteiger partial charge in [-0.1, -0.05) is 42.5 Å². The fourth-order valence-electron chi connectivity index (χ4n) is 3.70. The molecular weight excluding hydrogens is 448 g/mol. The fraction of sp³-hybridized carbons (Fsp3) is 0.0800. The molecule has 2 aromatic heterocycles. The third kappa shape index (κ3) is 3.65. The number of hydrogen-bond acceptors (Lipinski definition) is 7. The van der Waals surface area contributed by atoms with Crippen LogP contribution in [0.4, 0.5) is 11.5 Å². The molecule has 2 heterocycles. The van der Waals surface area contributed by atoms with Crippen molar-refractivity contribution in [2.45, 2.75) is 9.79 Å². The third-order valence-corrected chi connectivity index (χ3v) is 7.32. The first-order valence-corrected chi connectivity index (χ1v) is 12.0. The van der Waals surface area contributed by atoms with Crippen LogP contribution in [0, 0.1) is 0 Å². The maximum atomic E-state index is 13.6. The van der Waals surface area contributed by atoms with E-state index in [4.69, 9.17) is 5.73 Å². The quantitative estimate of drug-likeness (QED) is 0.390. The molecular formula is C25H22N6O2S. The molecule has 0 radical (unpaired) electrons. The molecule has 8 nitrogen and oxygen atoms in total. The second-order valence-corrected chi connectivity index (χ2v) is 9.84. The summed E-state index contributed by atoms with van der Waals surface area (Å²) in [4.78, 5) is 11.3. The molecule has 0 aliphatic rings. The van der Waals surface area contributed by atoms with E-state index in [1.807, 2.05) is 61.5 Å². The van der Waals surface area contributed by atoms with Crippen molar-refractivity contribution in [1.29, 1.82) is 0 Å². The van der Waals surface area contributed by atoms with Crippen molar-refractivity contribution in [1.82, 2.24) is 14.6 Å². The molecule has 0 saturated heterocycles. The van der Waals surface area contributed by atoms with Crippen molar-refractivity contribution in [2.75, 3.05) is 24.7 Å². The van der Waals surface area contributed by atoms with Gasteiger partial charge >= 0.3 is 0 Å². The van der Waals surface area contributed by atoms with Gasteiger partial charge in [0.05, 0.1) is 22.1 Å². The van der Waals surface area contributed by atoms with Gasteiger partial charge in [-0.2, -0.15) is 9.78 Å². The molecule has 0 aliphatic heterocycles. The molecule has 0 fully saturated rings. The van der Waals surface area contributed by atoms with Gasteiger partial charge in [-0.25, -0.2) is 18.4 Å². The highest BCUT2D eigenvalue weighted by Gasteiger charge is 2.30. The Morgan fingerprint density at radius 3 is 2.15 bits per heavy atom.